The molecule has 5 heterocycles. The maximum Gasteiger partial charge on any atom is 0.165 e. The standard InChI is InChI=1S/C58H34N6S/c1-3-14-43-37(11-1)32-50-47(19-9-27-60-50)53(43)40-29-41(54-44-15-4-2-12-38(44)33-51-48(54)20-10-28-61-51)31-42(30-40)57-62-56(36-24-22-35(23-25-36)39-13-8-26-59-34-39)63-58(64-57)49-18-7-17-46-45-16-5-6-21-52(45)65-55(46)49/h1-34H. The van der Waals surface area contributed by atoms with Crippen LogP contribution in [0.2, 0.25) is 0 Å². The fourth-order valence-corrected chi connectivity index (χ4v) is 10.7. The van der Waals surface area contributed by atoms with E-state index in [1.807, 2.05) is 36.8 Å². The van der Waals surface area contributed by atoms with E-state index in [0.717, 1.165) is 98.1 Å². The smallest absolute Gasteiger partial charge is 0.165 e. The number of nitrogens with zero attached hydrogens (tertiary/aromatic N) is 6. The van der Waals surface area contributed by atoms with Crippen LogP contribution < -0.4 is 0 Å². The highest BCUT2D eigenvalue weighted by Crippen LogP contribution is 2.44. The molecule has 0 amide bonds. The van der Waals surface area contributed by atoms with Gasteiger partial charge in [0.05, 0.1) is 11.0 Å². The highest BCUT2D eigenvalue weighted by molar-refractivity contribution is 7.26. The van der Waals surface area contributed by atoms with Crippen LogP contribution >= 0.6 is 11.3 Å². The van der Waals surface area contributed by atoms with Crippen LogP contribution in [0.1, 0.15) is 0 Å². The molecule has 0 bridgehead atoms. The molecule has 13 rings (SSSR count). The summed E-state index contributed by atoms with van der Waals surface area (Å²) in [5, 5.41) is 9.07. The van der Waals surface area contributed by atoms with Crippen LogP contribution in [0.3, 0.4) is 0 Å². The van der Waals surface area contributed by atoms with Gasteiger partial charge in [0.25, 0.3) is 0 Å². The number of hydrogen-bond acceptors (Lipinski definition) is 7. The lowest BCUT2D eigenvalue weighted by Crippen LogP contribution is -2.01. The first kappa shape index (κ1) is 37.1. The van der Waals surface area contributed by atoms with Crippen molar-refractivity contribution in [1.29, 1.82) is 0 Å². The second-order valence-corrected chi connectivity index (χ2v) is 17.3. The van der Waals surface area contributed by atoms with Crippen LogP contribution in [0.15, 0.2) is 207 Å². The minimum absolute atomic E-state index is 0.577. The van der Waals surface area contributed by atoms with Crippen molar-refractivity contribution >= 4 is 74.9 Å². The third-order valence-corrected chi connectivity index (χ3v) is 13.7. The van der Waals surface area contributed by atoms with Gasteiger partial charge in [-0.3, -0.25) is 15.0 Å². The van der Waals surface area contributed by atoms with Gasteiger partial charge < -0.3 is 0 Å². The van der Waals surface area contributed by atoms with Gasteiger partial charge >= 0.3 is 0 Å². The Morgan fingerprint density at radius 3 is 1.54 bits per heavy atom. The lowest BCUT2D eigenvalue weighted by atomic mass is 9.88. The maximum atomic E-state index is 5.46. The molecule has 0 saturated carbocycles. The van der Waals surface area contributed by atoms with Gasteiger partial charge in [-0.15, -0.1) is 11.3 Å². The molecule has 0 aliphatic carbocycles. The van der Waals surface area contributed by atoms with Crippen LogP contribution in [0.4, 0.5) is 0 Å². The topological polar surface area (TPSA) is 77.3 Å². The molecule has 0 radical (unpaired) electrons. The molecule has 5 aromatic heterocycles. The molecule has 302 valence electrons. The normalized spacial score (nSPS) is 11.7. The summed E-state index contributed by atoms with van der Waals surface area (Å²) in [6.07, 6.45) is 7.41. The summed E-state index contributed by atoms with van der Waals surface area (Å²) < 4.78 is 2.36. The molecule has 0 aliphatic rings. The van der Waals surface area contributed by atoms with E-state index in [0.29, 0.717) is 17.5 Å². The number of aromatic nitrogens is 6. The van der Waals surface area contributed by atoms with E-state index in [1.54, 1.807) is 17.5 Å². The summed E-state index contributed by atoms with van der Waals surface area (Å²) in [6, 6.07) is 64.2. The van der Waals surface area contributed by atoms with E-state index >= 15 is 0 Å². The first-order chi connectivity index (χ1) is 32.2. The molecule has 0 fully saturated rings. The molecule has 8 aromatic carbocycles. The van der Waals surface area contributed by atoms with Crippen LogP contribution in [0.5, 0.6) is 0 Å². The monoisotopic (exact) mass is 846 g/mol. The predicted molar refractivity (Wildman–Crippen MR) is 269 cm³/mol. The van der Waals surface area contributed by atoms with Crippen molar-refractivity contribution in [3.05, 3.63) is 207 Å². The third kappa shape index (κ3) is 6.32. The summed E-state index contributed by atoms with van der Waals surface area (Å²) in [4.78, 5) is 30.3. The summed E-state index contributed by atoms with van der Waals surface area (Å²) in [6.45, 7) is 0. The highest BCUT2D eigenvalue weighted by atomic mass is 32.1. The molecular formula is C58H34N6S. The number of fused-ring (bicyclic) bond motifs is 7. The summed E-state index contributed by atoms with van der Waals surface area (Å²) in [5.74, 6) is 1.78. The summed E-state index contributed by atoms with van der Waals surface area (Å²) in [5.41, 5.74) is 11.0. The van der Waals surface area contributed by atoms with Crippen molar-refractivity contribution in [1.82, 2.24) is 29.9 Å². The maximum absolute atomic E-state index is 5.46. The Balaban J connectivity index is 1.12. The van der Waals surface area contributed by atoms with Gasteiger partial charge in [-0.05, 0) is 116 Å². The second-order valence-electron chi connectivity index (χ2n) is 16.3. The van der Waals surface area contributed by atoms with E-state index in [2.05, 4.69) is 169 Å². The van der Waals surface area contributed by atoms with Gasteiger partial charge in [0.2, 0.25) is 0 Å². The van der Waals surface area contributed by atoms with Crippen molar-refractivity contribution in [2.24, 2.45) is 0 Å². The van der Waals surface area contributed by atoms with Crippen molar-refractivity contribution in [3.8, 4) is 67.5 Å². The Hall–Kier alpha value is -8.52. The first-order valence-electron chi connectivity index (χ1n) is 21.6. The van der Waals surface area contributed by atoms with Gasteiger partial charge in [0, 0.05) is 72.4 Å². The van der Waals surface area contributed by atoms with Crippen molar-refractivity contribution in [3.63, 3.8) is 0 Å². The molecule has 6 nitrogen and oxygen atoms in total. The molecule has 0 saturated heterocycles. The van der Waals surface area contributed by atoms with Crippen molar-refractivity contribution < 1.29 is 0 Å². The minimum atomic E-state index is 0.577. The molecule has 0 N–H and O–H groups in total. The molecule has 0 spiro atoms. The molecule has 0 atom stereocenters. The van der Waals surface area contributed by atoms with Gasteiger partial charge in [-0.25, -0.2) is 15.0 Å². The molecule has 13 aromatic rings. The first-order valence-corrected chi connectivity index (χ1v) is 22.4. The van der Waals surface area contributed by atoms with E-state index in [-0.39, 0.29) is 0 Å². The Morgan fingerprint density at radius 1 is 0.338 bits per heavy atom. The van der Waals surface area contributed by atoms with Gasteiger partial charge in [0.15, 0.2) is 17.5 Å². The Morgan fingerprint density at radius 2 is 0.877 bits per heavy atom. The van der Waals surface area contributed by atoms with Crippen LogP contribution in [0, 0.1) is 0 Å². The van der Waals surface area contributed by atoms with E-state index in [4.69, 9.17) is 24.9 Å². The quantitative estimate of drug-likeness (QED) is 0.155. The number of thiophene rings is 1. The number of rotatable bonds is 6. The molecule has 65 heavy (non-hydrogen) atoms. The van der Waals surface area contributed by atoms with E-state index in [1.165, 1.54) is 15.5 Å². The molecular weight excluding hydrogens is 813 g/mol. The number of benzene rings is 8. The van der Waals surface area contributed by atoms with E-state index < -0.39 is 0 Å². The zero-order valence-corrected chi connectivity index (χ0v) is 35.5. The van der Waals surface area contributed by atoms with Crippen molar-refractivity contribution in [2.75, 3.05) is 0 Å². The number of hydrogen-bond donors (Lipinski definition) is 0. The van der Waals surface area contributed by atoms with Gasteiger partial charge in [0.1, 0.15) is 0 Å². The molecule has 0 unspecified atom stereocenters. The Labute approximate surface area is 377 Å². The SMILES string of the molecule is c1cncc(-c2ccc(-c3nc(-c4cc(-c5c6ccccc6cc6ncccc56)cc(-c5c6ccccc6cc6ncccc56)c4)nc(-c4cccc5c4sc4ccccc45)n3)cc2)c1. The Bertz CT molecular complexity index is 3770. The third-order valence-electron chi connectivity index (χ3n) is 12.4. The van der Waals surface area contributed by atoms with Gasteiger partial charge in [-0.1, -0.05) is 121 Å². The number of pyridine rings is 3. The van der Waals surface area contributed by atoms with E-state index in [9.17, 15) is 0 Å². The summed E-state index contributed by atoms with van der Waals surface area (Å²) in [7, 11) is 0. The average molecular weight is 847 g/mol. The average Bonchev–Trinajstić information content (AvgIpc) is 3.76. The fourth-order valence-electron chi connectivity index (χ4n) is 9.46. The summed E-state index contributed by atoms with van der Waals surface area (Å²) >= 11 is 1.77. The second kappa shape index (κ2) is 15.1. The lowest BCUT2D eigenvalue weighted by molar-refractivity contribution is 1.08. The van der Waals surface area contributed by atoms with Crippen LogP contribution in [0.25, 0.3) is 131 Å². The molecule has 7 heteroatoms. The highest BCUT2D eigenvalue weighted by Gasteiger charge is 2.21. The zero-order valence-electron chi connectivity index (χ0n) is 34.7. The van der Waals surface area contributed by atoms with Gasteiger partial charge in [-0.2, -0.15) is 0 Å². The lowest BCUT2D eigenvalue weighted by Gasteiger charge is -2.17. The molecule has 0 aliphatic heterocycles. The van der Waals surface area contributed by atoms with Crippen LogP contribution in [-0.2, 0) is 0 Å². The van der Waals surface area contributed by atoms with Crippen LogP contribution in [-0.4, -0.2) is 29.9 Å². The fraction of sp³-hybridized carbons (Fsp3) is 0. The zero-order chi connectivity index (χ0) is 42.8. The predicted octanol–water partition coefficient (Wildman–Crippen LogP) is 15.0. The largest absolute Gasteiger partial charge is 0.264 e. The van der Waals surface area contributed by atoms with Crippen molar-refractivity contribution in [2.45, 2.75) is 0 Å². The Kier molecular flexibility index (Phi) is 8.60. The minimum Gasteiger partial charge on any atom is -0.264 e.